The Bertz CT molecular complexity index is 1350. The quantitative estimate of drug-likeness (QED) is 0.416. The molecule has 0 aliphatic carbocycles. The number of thiophene rings is 1. The van der Waals surface area contributed by atoms with Crippen LogP contribution in [0.3, 0.4) is 0 Å². The fourth-order valence-corrected chi connectivity index (χ4v) is 5.11. The standard InChI is InChI=1S/C22H15ClN2O3S2/c1-29-17(9-12-7-15(23)19-16(8-12)27-11-28-19)20-24-21(26)18-14(10-30-22(18)25-20)13-5-3-2-4-6-13/h2-10H,11H2,1H3,(H,24,25,26)/b17-9+. The Morgan fingerprint density at radius 2 is 2.10 bits per heavy atom. The van der Waals surface area contributed by atoms with Crippen LogP contribution in [0.2, 0.25) is 5.02 Å². The van der Waals surface area contributed by atoms with Crippen molar-refractivity contribution in [2.24, 2.45) is 0 Å². The van der Waals surface area contributed by atoms with Crippen molar-refractivity contribution in [1.29, 1.82) is 0 Å². The molecule has 8 heteroatoms. The molecule has 2 aromatic heterocycles. The number of nitrogens with zero attached hydrogens (tertiary/aromatic N) is 1. The van der Waals surface area contributed by atoms with E-state index in [0.717, 1.165) is 21.6 Å². The molecule has 1 aliphatic rings. The molecule has 30 heavy (non-hydrogen) atoms. The van der Waals surface area contributed by atoms with Crippen molar-refractivity contribution in [2.75, 3.05) is 13.0 Å². The molecule has 1 aliphatic heterocycles. The van der Waals surface area contributed by atoms with E-state index in [2.05, 4.69) is 4.98 Å². The summed E-state index contributed by atoms with van der Waals surface area (Å²) in [6.45, 7) is 0.158. The van der Waals surface area contributed by atoms with Gasteiger partial charge in [0.25, 0.3) is 5.56 Å². The van der Waals surface area contributed by atoms with Gasteiger partial charge < -0.3 is 14.5 Å². The van der Waals surface area contributed by atoms with Crippen LogP contribution >= 0.6 is 34.7 Å². The molecule has 1 N–H and O–H groups in total. The van der Waals surface area contributed by atoms with Crippen LogP contribution < -0.4 is 15.0 Å². The van der Waals surface area contributed by atoms with Crippen molar-refractivity contribution in [1.82, 2.24) is 9.97 Å². The Labute approximate surface area is 185 Å². The van der Waals surface area contributed by atoms with Gasteiger partial charge in [0.15, 0.2) is 11.5 Å². The molecule has 0 saturated carbocycles. The highest BCUT2D eigenvalue weighted by Crippen LogP contribution is 2.41. The first-order chi connectivity index (χ1) is 14.6. The van der Waals surface area contributed by atoms with E-state index in [-0.39, 0.29) is 12.4 Å². The molecule has 0 saturated heterocycles. The number of rotatable bonds is 4. The van der Waals surface area contributed by atoms with Gasteiger partial charge in [-0.3, -0.25) is 4.79 Å². The zero-order valence-corrected chi connectivity index (χ0v) is 18.2. The fourth-order valence-electron chi connectivity index (χ4n) is 3.34. The molecule has 3 heterocycles. The lowest BCUT2D eigenvalue weighted by Gasteiger charge is -2.06. The van der Waals surface area contributed by atoms with Crippen molar-refractivity contribution in [3.05, 3.63) is 74.6 Å². The second-order valence-electron chi connectivity index (χ2n) is 6.56. The van der Waals surface area contributed by atoms with E-state index >= 15 is 0 Å². The molecule has 0 atom stereocenters. The number of thioether (sulfide) groups is 1. The highest BCUT2D eigenvalue weighted by atomic mass is 35.5. The summed E-state index contributed by atoms with van der Waals surface area (Å²) in [6.07, 6.45) is 3.86. The topological polar surface area (TPSA) is 64.2 Å². The van der Waals surface area contributed by atoms with Gasteiger partial charge in [0.1, 0.15) is 10.7 Å². The number of benzene rings is 2. The van der Waals surface area contributed by atoms with E-state index in [9.17, 15) is 4.79 Å². The van der Waals surface area contributed by atoms with Crippen LogP contribution in [-0.4, -0.2) is 23.0 Å². The van der Waals surface area contributed by atoms with Gasteiger partial charge in [-0.1, -0.05) is 41.9 Å². The van der Waals surface area contributed by atoms with E-state index in [0.29, 0.717) is 32.6 Å². The molecular formula is C22H15ClN2O3S2. The number of aromatic amines is 1. The predicted molar refractivity (Wildman–Crippen MR) is 125 cm³/mol. The summed E-state index contributed by atoms with van der Waals surface area (Å²) in [5.41, 5.74) is 2.58. The first kappa shape index (κ1) is 19.2. The Kier molecular flexibility index (Phi) is 5.02. The van der Waals surface area contributed by atoms with Gasteiger partial charge in [-0.15, -0.1) is 23.1 Å². The van der Waals surface area contributed by atoms with Crippen LogP contribution in [0.4, 0.5) is 0 Å². The number of hydrogen-bond acceptors (Lipinski definition) is 6. The van der Waals surface area contributed by atoms with Crippen molar-refractivity contribution in [3.8, 4) is 22.6 Å². The smallest absolute Gasteiger partial charge is 0.260 e. The maximum Gasteiger partial charge on any atom is 0.260 e. The average Bonchev–Trinajstić information content (AvgIpc) is 3.40. The molecule has 0 amide bonds. The number of fused-ring (bicyclic) bond motifs is 2. The summed E-state index contributed by atoms with van der Waals surface area (Å²) >= 11 is 9.26. The number of H-pyrrole nitrogens is 1. The molecule has 0 fully saturated rings. The maximum atomic E-state index is 13.0. The normalized spacial score (nSPS) is 13.2. The summed E-state index contributed by atoms with van der Waals surface area (Å²) in [6, 6.07) is 13.5. The van der Waals surface area contributed by atoms with E-state index in [1.165, 1.54) is 23.1 Å². The summed E-state index contributed by atoms with van der Waals surface area (Å²) in [5, 5.41) is 3.08. The minimum atomic E-state index is -0.154. The molecule has 4 aromatic rings. The maximum absolute atomic E-state index is 13.0. The van der Waals surface area contributed by atoms with Gasteiger partial charge in [0.2, 0.25) is 6.79 Å². The summed E-state index contributed by atoms with van der Waals surface area (Å²) in [5.74, 6) is 1.69. The van der Waals surface area contributed by atoms with E-state index in [1.807, 2.05) is 54.1 Å². The van der Waals surface area contributed by atoms with E-state index in [1.54, 1.807) is 6.07 Å². The second kappa shape index (κ2) is 7.83. The molecule has 0 spiro atoms. The van der Waals surface area contributed by atoms with E-state index < -0.39 is 0 Å². The SMILES string of the molecule is CS/C(=C/c1cc(Cl)c2c(c1)OCO2)c1nc2scc(-c3ccccc3)c2c(=O)[nH]1. The lowest BCUT2D eigenvalue weighted by Crippen LogP contribution is -2.10. The number of hydrogen-bond donors (Lipinski definition) is 1. The number of nitrogens with one attached hydrogen (secondary N) is 1. The van der Waals surface area contributed by atoms with Gasteiger partial charge in [0.05, 0.1) is 15.3 Å². The first-order valence-electron chi connectivity index (χ1n) is 9.06. The monoisotopic (exact) mass is 454 g/mol. The van der Waals surface area contributed by atoms with Gasteiger partial charge in [-0.2, -0.15) is 0 Å². The molecule has 0 radical (unpaired) electrons. The third-order valence-corrected chi connectivity index (χ3v) is 6.63. The van der Waals surface area contributed by atoms with Crippen LogP contribution in [0.5, 0.6) is 11.5 Å². The predicted octanol–water partition coefficient (Wildman–Crippen LogP) is 5.89. The highest BCUT2D eigenvalue weighted by Gasteiger charge is 2.19. The lowest BCUT2D eigenvalue weighted by molar-refractivity contribution is 0.174. The molecule has 150 valence electrons. The van der Waals surface area contributed by atoms with Crippen LogP contribution in [0, 0.1) is 0 Å². The average molecular weight is 455 g/mol. The van der Waals surface area contributed by atoms with Crippen LogP contribution in [0.1, 0.15) is 11.4 Å². The Balaban J connectivity index is 1.59. The molecule has 5 rings (SSSR count). The third kappa shape index (κ3) is 3.39. The Morgan fingerprint density at radius 3 is 2.90 bits per heavy atom. The van der Waals surface area contributed by atoms with Crippen molar-refractivity contribution in [2.45, 2.75) is 0 Å². The highest BCUT2D eigenvalue weighted by molar-refractivity contribution is 8.07. The fraction of sp³-hybridized carbons (Fsp3) is 0.0909. The second-order valence-corrected chi connectivity index (χ2v) is 8.67. The molecule has 2 aromatic carbocycles. The zero-order valence-electron chi connectivity index (χ0n) is 15.8. The van der Waals surface area contributed by atoms with Gasteiger partial charge >= 0.3 is 0 Å². The lowest BCUT2D eigenvalue weighted by atomic mass is 10.1. The van der Waals surface area contributed by atoms with Crippen LogP contribution in [0.25, 0.3) is 32.3 Å². The summed E-state index contributed by atoms with van der Waals surface area (Å²) in [7, 11) is 0. The first-order valence-corrected chi connectivity index (χ1v) is 11.5. The summed E-state index contributed by atoms with van der Waals surface area (Å²) in [4.78, 5) is 22.2. The summed E-state index contributed by atoms with van der Waals surface area (Å²) < 4.78 is 10.8. The van der Waals surface area contributed by atoms with Gasteiger partial charge in [0, 0.05) is 10.9 Å². The van der Waals surface area contributed by atoms with Gasteiger partial charge in [-0.05, 0) is 35.6 Å². The number of ether oxygens (including phenoxy) is 2. The van der Waals surface area contributed by atoms with Crippen molar-refractivity contribution in [3.63, 3.8) is 0 Å². The Hall–Kier alpha value is -2.74. The molecule has 5 nitrogen and oxygen atoms in total. The molecular weight excluding hydrogens is 440 g/mol. The Morgan fingerprint density at radius 1 is 1.27 bits per heavy atom. The minimum Gasteiger partial charge on any atom is -0.454 e. The minimum absolute atomic E-state index is 0.154. The third-order valence-electron chi connectivity index (χ3n) is 4.73. The largest absolute Gasteiger partial charge is 0.454 e. The number of halogens is 1. The van der Waals surface area contributed by atoms with E-state index in [4.69, 9.17) is 26.1 Å². The van der Waals surface area contributed by atoms with Gasteiger partial charge in [-0.25, -0.2) is 4.98 Å². The zero-order chi connectivity index (χ0) is 20.7. The number of aromatic nitrogens is 2. The van der Waals surface area contributed by atoms with Crippen LogP contribution in [-0.2, 0) is 0 Å². The van der Waals surface area contributed by atoms with Crippen LogP contribution in [0.15, 0.2) is 52.6 Å². The van der Waals surface area contributed by atoms with Crippen molar-refractivity contribution < 1.29 is 9.47 Å². The molecule has 0 unspecified atom stereocenters. The molecule has 0 bridgehead atoms. The van der Waals surface area contributed by atoms with Crippen molar-refractivity contribution >= 4 is 55.9 Å².